The second kappa shape index (κ2) is 5.00. The fraction of sp³-hybridized carbons (Fsp3) is 0.0833. The summed E-state index contributed by atoms with van der Waals surface area (Å²) in [5.74, 6) is -1.11. The predicted octanol–water partition coefficient (Wildman–Crippen LogP) is 3.88. The molecule has 0 spiro atoms. The number of aromatic carboxylic acids is 1. The number of carboxylic acid groups (broad SMARTS) is 1. The van der Waals surface area contributed by atoms with Crippen LogP contribution in [0.15, 0.2) is 46.3 Å². The average Bonchev–Trinajstić information content (AvgIpc) is 2.77. The SMILES string of the molecule is O=C(O)c1cc(Sc2cccc(C(F)(F)F)c2)c[nH]1. The highest BCUT2D eigenvalue weighted by Gasteiger charge is 2.30. The molecule has 0 bridgehead atoms. The van der Waals surface area contributed by atoms with Crippen molar-refractivity contribution in [1.29, 1.82) is 0 Å². The molecule has 1 aromatic carbocycles. The summed E-state index contributed by atoms with van der Waals surface area (Å²) in [4.78, 5) is 14.1. The molecule has 0 radical (unpaired) electrons. The molecular weight excluding hydrogens is 279 g/mol. The van der Waals surface area contributed by atoms with E-state index in [2.05, 4.69) is 4.98 Å². The van der Waals surface area contributed by atoms with Gasteiger partial charge in [-0.05, 0) is 24.3 Å². The van der Waals surface area contributed by atoms with E-state index in [9.17, 15) is 18.0 Å². The van der Waals surface area contributed by atoms with Crippen LogP contribution in [0.4, 0.5) is 13.2 Å². The topological polar surface area (TPSA) is 53.1 Å². The third kappa shape index (κ3) is 3.31. The van der Waals surface area contributed by atoms with Crippen LogP contribution < -0.4 is 0 Å². The molecule has 0 aliphatic carbocycles. The van der Waals surface area contributed by atoms with Gasteiger partial charge in [-0.15, -0.1) is 0 Å². The van der Waals surface area contributed by atoms with Crippen LogP contribution in [-0.2, 0) is 6.18 Å². The highest BCUT2D eigenvalue weighted by Crippen LogP contribution is 2.34. The summed E-state index contributed by atoms with van der Waals surface area (Å²) in [6.07, 6.45) is -2.95. The van der Waals surface area contributed by atoms with Gasteiger partial charge in [-0.2, -0.15) is 13.2 Å². The summed E-state index contributed by atoms with van der Waals surface area (Å²) in [5.41, 5.74) is -0.735. The third-order valence-electron chi connectivity index (χ3n) is 2.28. The Bertz CT molecular complexity index is 607. The van der Waals surface area contributed by atoms with Crippen molar-refractivity contribution in [3.8, 4) is 0 Å². The average molecular weight is 287 g/mol. The number of hydrogen-bond donors (Lipinski definition) is 2. The molecule has 2 aromatic rings. The molecule has 3 nitrogen and oxygen atoms in total. The smallest absolute Gasteiger partial charge is 0.416 e. The normalized spacial score (nSPS) is 11.5. The van der Waals surface area contributed by atoms with E-state index in [0.29, 0.717) is 9.79 Å². The Morgan fingerprint density at radius 2 is 1.95 bits per heavy atom. The van der Waals surface area contributed by atoms with Gasteiger partial charge in [0.05, 0.1) is 5.56 Å². The first kappa shape index (κ1) is 13.5. The van der Waals surface area contributed by atoms with Gasteiger partial charge in [0.2, 0.25) is 0 Å². The van der Waals surface area contributed by atoms with Crippen molar-refractivity contribution in [1.82, 2.24) is 4.98 Å². The molecule has 0 unspecified atom stereocenters. The molecule has 2 rings (SSSR count). The van der Waals surface area contributed by atoms with E-state index >= 15 is 0 Å². The van der Waals surface area contributed by atoms with Gasteiger partial charge in [0.1, 0.15) is 5.69 Å². The van der Waals surface area contributed by atoms with Crippen LogP contribution in [-0.4, -0.2) is 16.1 Å². The Kier molecular flexibility index (Phi) is 3.57. The molecule has 1 aromatic heterocycles. The van der Waals surface area contributed by atoms with Gasteiger partial charge < -0.3 is 10.1 Å². The van der Waals surface area contributed by atoms with Crippen molar-refractivity contribution in [2.24, 2.45) is 0 Å². The fourth-order valence-corrected chi connectivity index (χ4v) is 2.33. The maximum absolute atomic E-state index is 12.5. The van der Waals surface area contributed by atoms with Gasteiger partial charge >= 0.3 is 12.1 Å². The maximum Gasteiger partial charge on any atom is 0.416 e. The van der Waals surface area contributed by atoms with E-state index in [-0.39, 0.29) is 5.69 Å². The molecular formula is C12H8F3NO2S. The Balaban J connectivity index is 2.21. The molecule has 19 heavy (non-hydrogen) atoms. The minimum Gasteiger partial charge on any atom is -0.477 e. The summed E-state index contributed by atoms with van der Waals surface area (Å²) in [6.45, 7) is 0. The molecule has 0 amide bonds. The lowest BCUT2D eigenvalue weighted by molar-refractivity contribution is -0.137. The number of halogens is 3. The Morgan fingerprint density at radius 3 is 2.53 bits per heavy atom. The predicted molar refractivity (Wildman–Crippen MR) is 63.3 cm³/mol. The van der Waals surface area contributed by atoms with Gasteiger partial charge in [-0.1, -0.05) is 17.8 Å². The molecule has 0 saturated heterocycles. The van der Waals surface area contributed by atoms with Crippen LogP contribution in [0.3, 0.4) is 0 Å². The zero-order valence-electron chi connectivity index (χ0n) is 9.36. The summed E-state index contributed by atoms with van der Waals surface area (Å²) in [6, 6.07) is 6.23. The van der Waals surface area contributed by atoms with Crippen LogP contribution in [0.25, 0.3) is 0 Å². The number of carboxylic acids is 1. The zero-order chi connectivity index (χ0) is 14.0. The highest BCUT2D eigenvalue weighted by atomic mass is 32.2. The number of aromatic nitrogens is 1. The minimum atomic E-state index is -4.39. The molecule has 0 saturated carbocycles. The van der Waals surface area contributed by atoms with E-state index in [1.807, 2.05) is 0 Å². The quantitative estimate of drug-likeness (QED) is 0.900. The van der Waals surface area contributed by atoms with E-state index in [1.54, 1.807) is 0 Å². The monoisotopic (exact) mass is 287 g/mol. The standard InChI is InChI=1S/C12H8F3NO2S/c13-12(14,15)7-2-1-3-8(4-7)19-9-5-10(11(17)18)16-6-9/h1-6,16H,(H,17,18). The van der Waals surface area contributed by atoms with E-state index < -0.39 is 17.7 Å². The molecule has 7 heteroatoms. The van der Waals surface area contributed by atoms with E-state index in [4.69, 9.17) is 5.11 Å². The Hall–Kier alpha value is -1.89. The van der Waals surface area contributed by atoms with Crippen molar-refractivity contribution in [2.75, 3.05) is 0 Å². The van der Waals surface area contributed by atoms with Crippen molar-refractivity contribution in [3.05, 3.63) is 47.8 Å². The van der Waals surface area contributed by atoms with Gasteiger partial charge in [0.25, 0.3) is 0 Å². The van der Waals surface area contributed by atoms with E-state index in [1.165, 1.54) is 24.4 Å². The number of aromatic amines is 1. The van der Waals surface area contributed by atoms with Crippen LogP contribution in [0, 0.1) is 0 Å². The molecule has 0 aliphatic heterocycles. The van der Waals surface area contributed by atoms with Crippen molar-refractivity contribution in [3.63, 3.8) is 0 Å². The number of H-pyrrole nitrogens is 1. The first-order chi connectivity index (χ1) is 8.86. The maximum atomic E-state index is 12.5. The highest BCUT2D eigenvalue weighted by molar-refractivity contribution is 7.99. The molecule has 0 aliphatic rings. The number of hydrogen-bond acceptors (Lipinski definition) is 2. The first-order valence-corrected chi connectivity index (χ1v) is 5.95. The Labute approximate surface area is 110 Å². The van der Waals surface area contributed by atoms with Crippen molar-refractivity contribution in [2.45, 2.75) is 16.0 Å². The minimum absolute atomic E-state index is 0.00511. The molecule has 0 fully saturated rings. The lowest BCUT2D eigenvalue weighted by atomic mass is 10.2. The number of benzene rings is 1. The van der Waals surface area contributed by atoms with Crippen LogP contribution in [0.1, 0.15) is 16.1 Å². The number of nitrogens with one attached hydrogen (secondary N) is 1. The number of alkyl halides is 3. The van der Waals surface area contributed by atoms with Crippen molar-refractivity contribution >= 4 is 17.7 Å². The molecule has 100 valence electrons. The lowest BCUT2D eigenvalue weighted by Gasteiger charge is -2.07. The van der Waals surface area contributed by atoms with Crippen LogP contribution >= 0.6 is 11.8 Å². The summed E-state index contributed by atoms with van der Waals surface area (Å²) in [7, 11) is 0. The van der Waals surface area contributed by atoms with Crippen molar-refractivity contribution < 1.29 is 23.1 Å². The molecule has 1 heterocycles. The summed E-state index contributed by atoms with van der Waals surface area (Å²) < 4.78 is 37.6. The summed E-state index contributed by atoms with van der Waals surface area (Å²) >= 11 is 1.06. The van der Waals surface area contributed by atoms with Gasteiger partial charge in [0.15, 0.2) is 0 Å². The molecule has 2 N–H and O–H groups in total. The van der Waals surface area contributed by atoms with Crippen LogP contribution in [0.2, 0.25) is 0 Å². The third-order valence-corrected chi connectivity index (χ3v) is 3.25. The van der Waals surface area contributed by atoms with Gasteiger partial charge in [-0.25, -0.2) is 4.79 Å². The fourth-order valence-electron chi connectivity index (χ4n) is 1.43. The van der Waals surface area contributed by atoms with Gasteiger partial charge in [-0.3, -0.25) is 0 Å². The summed E-state index contributed by atoms with van der Waals surface area (Å²) in [5, 5.41) is 8.73. The van der Waals surface area contributed by atoms with Gasteiger partial charge in [0, 0.05) is 16.0 Å². The first-order valence-electron chi connectivity index (χ1n) is 5.13. The van der Waals surface area contributed by atoms with E-state index in [0.717, 1.165) is 23.9 Å². The largest absolute Gasteiger partial charge is 0.477 e. The second-order valence-electron chi connectivity index (χ2n) is 3.68. The number of carbonyl (C=O) groups is 1. The molecule has 0 atom stereocenters. The number of rotatable bonds is 3. The van der Waals surface area contributed by atoms with Crippen LogP contribution in [0.5, 0.6) is 0 Å². The Morgan fingerprint density at radius 1 is 1.21 bits per heavy atom. The lowest BCUT2D eigenvalue weighted by Crippen LogP contribution is -2.04. The zero-order valence-corrected chi connectivity index (χ0v) is 10.2. The second-order valence-corrected chi connectivity index (χ2v) is 4.83.